The lowest BCUT2D eigenvalue weighted by Gasteiger charge is -2.04. The summed E-state index contributed by atoms with van der Waals surface area (Å²) in [6.45, 7) is 0. The lowest BCUT2D eigenvalue weighted by molar-refractivity contribution is 0.374. The van der Waals surface area contributed by atoms with Crippen molar-refractivity contribution in [3.05, 3.63) is 24.3 Å². The molecule has 1 rings (SSSR count). The van der Waals surface area contributed by atoms with E-state index in [-0.39, 0.29) is 11.5 Å². The molecule has 1 aromatic carbocycles. The van der Waals surface area contributed by atoms with E-state index in [1.165, 1.54) is 18.2 Å². The standard InChI is InChI=1S/C6H7O4P/c7-5-2-1-3-6(4-5)10-11(8)9/h1-4,7-9H. The Balaban J connectivity index is 2.71. The van der Waals surface area contributed by atoms with E-state index in [9.17, 15) is 0 Å². The highest BCUT2D eigenvalue weighted by Crippen LogP contribution is 2.30. The summed E-state index contributed by atoms with van der Waals surface area (Å²) >= 11 is 0. The van der Waals surface area contributed by atoms with E-state index < -0.39 is 8.60 Å². The van der Waals surface area contributed by atoms with E-state index in [2.05, 4.69) is 4.52 Å². The third kappa shape index (κ3) is 2.72. The molecule has 0 saturated heterocycles. The zero-order chi connectivity index (χ0) is 8.27. The van der Waals surface area contributed by atoms with Crippen LogP contribution in [0, 0.1) is 0 Å². The lowest BCUT2D eigenvalue weighted by Crippen LogP contribution is -1.83. The Hall–Kier alpha value is -0.830. The molecule has 3 N–H and O–H groups in total. The number of hydrogen-bond acceptors (Lipinski definition) is 4. The minimum atomic E-state index is -2.40. The Kier molecular flexibility index (Phi) is 2.65. The zero-order valence-electron chi connectivity index (χ0n) is 5.51. The van der Waals surface area contributed by atoms with Crippen molar-refractivity contribution in [2.75, 3.05) is 0 Å². The van der Waals surface area contributed by atoms with Crippen LogP contribution >= 0.6 is 8.60 Å². The van der Waals surface area contributed by atoms with Gasteiger partial charge in [-0.1, -0.05) is 6.07 Å². The first-order valence-corrected chi connectivity index (χ1v) is 4.00. The van der Waals surface area contributed by atoms with Crippen LogP contribution in [0.5, 0.6) is 11.5 Å². The molecule has 0 bridgehead atoms. The van der Waals surface area contributed by atoms with Gasteiger partial charge in [-0.25, -0.2) is 0 Å². The number of benzene rings is 1. The van der Waals surface area contributed by atoms with Gasteiger partial charge in [0.05, 0.1) is 0 Å². The summed E-state index contributed by atoms with van der Waals surface area (Å²) < 4.78 is 4.51. The van der Waals surface area contributed by atoms with Crippen LogP contribution in [-0.4, -0.2) is 14.9 Å². The maximum Gasteiger partial charge on any atom is 0.391 e. The number of phenolic OH excluding ortho intramolecular Hbond substituents is 1. The summed E-state index contributed by atoms with van der Waals surface area (Å²) in [7, 11) is -2.40. The van der Waals surface area contributed by atoms with E-state index in [0.29, 0.717) is 0 Å². The Morgan fingerprint density at radius 1 is 1.27 bits per heavy atom. The van der Waals surface area contributed by atoms with Crippen LogP contribution in [0.2, 0.25) is 0 Å². The van der Waals surface area contributed by atoms with Gasteiger partial charge in [-0.05, 0) is 12.1 Å². The first kappa shape index (κ1) is 8.27. The van der Waals surface area contributed by atoms with Gasteiger partial charge in [-0.2, -0.15) is 0 Å². The topological polar surface area (TPSA) is 69.9 Å². The van der Waals surface area contributed by atoms with Crippen molar-refractivity contribution in [3.63, 3.8) is 0 Å². The molecule has 11 heavy (non-hydrogen) atoms. The largest absolute Gasteiger partial charge is 0.508 e. The minimum absolute atomic E-state index is 0.0272. The van der Waals surface area contributed by atoms with Crippen LogP contribution in [0.1, 0.15) is 0 Å². The maximum atomic E-state index is 8.89. The van der Waals surface area contributed by atoms with Crippen LogP contribution in [0.25, 0.3) is 0 Å². The predicted octanol–water partition coefficient (Wildman–Crippen LogP) is 0.982. The molecule has 0 amide bonds. The second kappa shape index (κ2) is 3.53. The summed E-state index contributed by atoms with van der Waals surface area (Å²) in [5.74, 6) is 0.264. The summed E-state index contributed by atoms with van der Waals surface area (Å²) in [5, 5.41) is 8.89. The number of phenols is 1. The normalized spacial score (nSPS) is 10.1. The summed E-state index contributed by atoms with van der Waals surface area (Å²) in [5.41, 5.74) is 0. The molecule has 60 valence electrons. The molecular formula is C6H7O4P. The van der Waals surface area contributed by atoms with Crippen LogP contribution < -0.4 is 4.52 Å². The third-order valence-corrected chi connectivity index (χ3v) is 1.38. The van der Waals surface area contributed by atoms with Gasteiger partial charge >= 0.3 is 8.60 Å². The highest BCUT2D eigenvalue weighted by atomic mass is 31.2. The summed E-state index contributed by atoms with van der Waals surface area (Å²) in [6, 6.07) is 5.82. The highest BCUT2D eigenvalue weighted by Gasteiger charge is 2.01. The van der Waals surface area contributed by atoms with Gasteiger partial charge < -0.3 is 19.4 Å². The predicted molar refractivity (Wildman–Crippen MR) is 40.1 cm³/mol. The van der Waals surface area contributed by atoms with Crippen molar-refractivity contribution in [2.24, 2.45) is 0 Å². The van der Waals surface area contributed by atoms with E-state index in [1.54, 1.807) is 6.07 Å². The fourth-order valence-corrected chi connectivity index (χ4v) is 0.937. The van der Waals surface area contributed by atoms with Crippen LogP contribution in [0.4, 0.5) is 0 Å². The number of aromatic hydroxyl groups is 1. The molecule has 0 radical (unpaired) electrons. The van der Waals surface area contributed by atoms with E-state index in [0.717, 1.165) is 0 Å². The number of rotatable bonds is 2. The Morgan fingerprint density at radius 2 is 2.00 bits per heavy atom. The molecule has 0 aliphatic carbocycles. The zero-order valence-corrected chi connectivity index (χ0v) is 6.40. The molecule has 5 heteroatoms. The van der Waals surface area contributed by atoms with E-state index in [4.69, 9.17) is 14.9 Å². The second-order valence-corrected chi connectivity index (χ2v) is 2.53. The van der Waals surface area contributed by atoms with Gasteiger partial charge in [0.15, 0.2) is 0 Å². The number of hydrogen-bond donors (Lipinski definition) is 3. The molecule has 0 aromatic heterocycles. The van der Waals surface area contributed by atoms with E-state index >= 15 is 0 Å². The van der Waals surface area contributed by atoms with Gasteiger partial charge in [-0.15, -0.1) is 0 Å². The van der Waals surface area contributed by atoms with Crippen molar-refractivity contribution in [2.45, 2.75) is 0 Å². The van der Waals surface area contributed by atoms with Crippen LogP contribution in [0.15, 0.2) is 24.3 Å². The smallest absolute Gasteiger partial charge is 0.391 e. The molecule has 0 atom stereocenters. The quantitative estimate of drug-likeness (QED) is 0.584. The van der Waals surface area contributed by atoms with Gasteiger partial charge in [0.2, 0.25) is 0 Å². The molecule has 0 saturated carbocycles. The van der Waals surface area contributed by atoms with E-state index in [1.807, 2.05) is 0 Å². The Bertz CT molecular complexity index is 238. The van der Waals surface area contributed by atoms with Crippen LogP contribution in [0.3, 0.4) is 0 Å². The van der Waals surface area contributed by atoms with Gasteiger partial charge in [-0.3, -0.25) is 0 Å². The summed E-state index contributed by atoms with van der Waals surface area (Å²) in [6.07, 6.45) is 0. The molecular weight excluding hydrogens is 167 g/mol. The van der Waals surface area contributed by atoms with Crippen LogP contribution in [-0.2, 0) is 0 Å². The second-order valence-electron chi connectivity index (χ2n) is 1.84. The van der Waals surface area contributed by atoms with Gasteiger partial charge in [0, 0.05) is 6.07 Å². The highest BCUT2D eigenvalue weighted by molar-refractivity contribution is 7.39. The average molecular weight is 174 g/mol. The third-order valence-electron chi connectivity index (χ3n) is 1.00. The monoisotopic (exact) mass is 174 g/mol. The Morgan fingerprint density at radius 3 is 2.55 bits per heavy atom. The molecule has 4 nitrogen and oxygen atoms in total. The van der Waals surface area contributed by atoms with Gasteiger partial charge in [0.25, 0.3) is 0 Å². The fourth-order valence-electron chi connectivity index (χ4n) is 0.635. The average Bonchev–Trinajstić information content (AvgIpc) is 1.85. The molecule has 0 spiro atoms. The minimum Gasteiger partial charge on any atom is -0.508 e. The van der Waals surface area contributed by atoms with Crippen molar-refractivity contribution in [1.29, 1.82) is 0 Å². The van der Waals surface area contributed by atoms with Crippen molar-refractivity contribution in [1.82, 2.24) is 0 Å². The van der Waals surface area contributed by atoms with Crippen molar-refractivity contribution in [3.8, 4) is 11.5 Å². The molecule has 0 unspecified atom stereocenters. The Labute approximate surface area is 64.7 Å². The summed E-state index contributed by atoms with van der Waals surface area (Å²) in [4.78, 5) is 16.8. The lowest BCUT2D eigenvalue weighted by atomic mass is 10.3. The first-order chi connectivity index (χ1) is 5.18. The molecule has 0 heterocycles. The molecule has 0 aliphatic rings. The molecule has 0 fully saturated rings. The molecule has 1 aromatic rings. The maximum absolute atomic E-state index is 8.89. The first-order valence-electron chi connectivity index (χ1n) is 2.83. The molecule has 0 aliphatic heterocycles. The van der Waals surface area contributed by atoms with Gasteiger partial charge in [0.1, 0.15) is 11.5 Å². The fraction of sp³-hybridized carbons (Fsp3) is 0. The van der Waals surface area contributed by atoms with Crippen molar-refractivity contribution >= 4 is 8.60 Å². The SMILES string of the molecule is Oc1cccc(OP(O)O)c1. The van der Waals surface area contributed by atoms with Crippen molar-refractivity contribution < 1.29 is 19.4 Å².